The second kappa shape index (κ2) is 9.85. The van der Waals surface area contributed by atoms with Gasteiger partial charge in [0.25, 0.3) is 5.91 Å². The molecule has 10 heteroatoms. The number of imidazole rings is 1. The molecule has 32 heavy (non-hydrogen) atoms. The summed E-state index contributed by atoms with van der Waals surface area (Å²) < 4.78 is 1.74. The molecule has 0 aliphatic carbocycles. The van der Waals surface area contributed by atoms with Crippen molar-refractivity contribution in [3.63, 3.8) is 0 Å². The molecule has 2 heterocycles. The van der Waals surface area contributed by atoms with E-state index in [1.54, 1.807) is 39.6 Å². The Morgan fingerprint density at radius 1 is 1.19 bits per heavy atom. The lowest BCUT2D eigenvalue weighted by atomic mass is 10.0. The highest BCUT2D eigenvalue weighted by molar-refractivity contribution is 6.36. The molecule has 8 nitrogen and oxygen atoms in total. The van der Waals surface area contributed by atoms with E-state index in [9.17, 15) is 9.59 Å². The van der Waals surface area contributed by atoms with Crippen LogP contribution in [0.1, 0.15) is 35.6 Å². The van der Waals surface area contributed by atoms with Crippen LogP contribution in [0.4, 0.5) is 0 Å². The van der Waals surface area contributed by atoms with Gasteiger partial charge in [-0.05, 0) is 32.0 Å². The van der Waals surface area contributed by atoms with Crippen LogP contribution >= 0.6 is 23.2 Å². The van der Waals surface area contributed by atoms with Gasteiger partial charge < -0.3 is 15.5 Å². The molecule has 2 amide bonds. The third-order valence-electron chi connectivity index (χ3n) is 5.44. The van der Waals surface area contributed by atoms with Crippen molar-refractivity contribution >= 4 is 40.8 Å². The van der Waals surface area contributed by atoms with E-state index in [1.807, 2.05) is 19.9 Å². The van der Waals surface area contributed by atoms with Gasteiger partial charge in [0.1, 0.15) is 5.69 Å². The number of aromatic nitrogens is 3. The topological polar surface area (TPSA) is 96.8 Å². The first-order valence-electron chi connectivity index (χ1n) is 10.2. The molecule has 0 aliphatic heterocycles. The number of rotatable bonds is 7. The van der Waals surface area contributed by atoms with Crippen molar-refractivity contribution in [1.29, 1.82) is 0 Å². The van der Waals surface area contributed by atoms with Crippen LogP contribution in [-0.2, 0) is 11.3 Å². The molecule has 0 bridgehead atoms. The second-order valence-electron chi connectivity index (χ2n) is 7.47. The Morgan fingerprint density at radius 3 is 2.50 bits per heavy atom. The molecule has 0 atom stereocenters. The summed E-state index contributed by atoms with van der Waals surface area (Å²) in [6, 6.07) is 5.22. The van der Waals surface area contributed by atoms with Crippen molar-refractivity contribution in [3.05, 3.63) is 51.4 Å². The molecule has 3 aromatic rings. The van der Waals surface area contributed by atoms with Gasteiger partial charge in [0, 0.05) is 68.2 Å². The maximum Gasteiger partial charge on any atom is 0.274 e. The number of hydrogen-bond donors (Lipinski definition) is 1. The van der Waals surface area contributed by atoms with Crippen LogP contribution in [0.15, 0.2) is 24.4 Å². The average Bonchev–Trinajstić information content (AvgIpc) is 3.16. The zero-order valence-corrected chi connectivity index (χ0v) is 20.0. The van der Waals surface area contributed by atoms with Gasteiger partial charge in [-0.1, -0.05) is 23.2 Å². The summed E-state index contributed by atoms with van der Waals surface area (Å²) in [5.41, 5.74) is 9.25. The molecule has 170 valence electrons. The average molecular weight is 477 g/mol. The van der Waals surface area contributed by atoms with Crippen LogP contribution in [0, 0.1) is 6.92 Å². The van der Waals surface area contributed by atoms with Gasteiger partial charge in [-0.15, -0.1) is 0 Å². The van der Waals surface area contributed by atoms with E-state index in [0.29, 0.717) is 41.2 Å². The van der Waals surface area contributed by atoms with Crippen LogP contribution in [0.3, 0.4) is 0 Å². The minimum atomic E-state index is -0.241. The van der Waals surface area contributed by atoms with E-state index in [-0.39, 0.29) is 24.1 Å². The van der Waals surface area contributed by atoms with Crippen LogP contribution in [-0.4, -0.2) is 62.7 Å². The van der Waals surface area contributed by atoms with Gasteiger partial charge in [-0.25, -0.2) is 9.97 Å². The maximum absolute atomic E-state index is 13.2. The highest BCUT2D eigenvalue weighted by Gasteiger charge is 2.23. The third kappa shape index (κ3) is 4.72. The predicted molar refractivity (Wildman–Crippen MR) is 126 cm³/mol. The highest BCUT2D eigenvalue weighted by Crippen LogP contribution is 2.34. The monoisotopic (exact) mass is 476 g/mol. The van der Waals surface area contributed by atoms with E-state index in [0.717, 1.165) is 16.8 Å². The molecule has 0 radical (unpaired) electrons. The summed E-state index contributed by atoms with van der Waals surface area (Å²) in [5, 5.41) is 0.980. The summed E-state index contributed by atoms with van der Waals surface area (Å²) in [4.78, 5) is 36.9. The van der Waals surface area contributed by atoms with E-state index in [4.69, 9.17) is 28.9 Å². The molecular weight excluding hydrogens is 451 g/mol. The third-order valence-corrected chi connectivity index (χ3v) is 5.99. The number of carbonyl (C=O) groups excluding carboxylic acids is 2. The minimum Gasteiger partial charge on any atom is -0.344 e. The van der Waals surface area contributed by atoms with Crippen LogP contribution in [0.25, 0.3) is 17.0 Å². The Labute approximate surface area is 196 Å². The number of likely N-dealkylation sites (N-methyl/N-ethyl adjacent to an activating group) is 2. The highest BCUT2D eigenvalue weighted by atomic mass is 35.5. The van der Waals surface area contributed by atoms with Crippen LogP contribution < -0.4 is 5.73 Å². The Bertz CT molecular complexity index is 1180. The Balaban J connectivity index is 2.08. The number of fused-ring (bicyclic) bond motifs is 1. The molecule has 0 aliphatic rings. The predicted octanol–water partition coefficient (Wildman–Crippen LogP) is 3.41. The van der Waals surface area contributed by atoms with Crippen molar-refractivity contribution < 1.29 is 9.59 Å². The number of nitrogens with two attached hydrogens (primary N) is 1. The molecule has 3 rings (SSSR count). The lowest BCUT2D eigenvalue weighted by Gasteiger charge is -2.23. The number of hydrogen-bond acceptors (Lipinski definition) is 5. The van der Waals surface area contributed by atoms with Crippen molar-refractivity contribution in [2.24, 2.45) is 5.73 Å². The van der Waals surface area contributed by atoms with Gasteiger partial charge in [0.15, 0.2) is 0 Å². The summed E-state index contributed by atoms with van der Waals surface area (Å²) in [6.45, 7) is 6.78. The van der Waals surface area contributed by atoms with Gasteiger partial charge in [0.2, 0.25) is 11.7 Å². The second-order valence-corrected chi connectivity index (χ2v) is 8.32. The van der Waals surface area contributed by atoms with E-state index < -0.39 is 0 Å². The number of nitrogens with zero attached hydrogens (tertiary/aromatic N) is 5. The van der Waals surface area contributed by atoms with Gasteiger partial charge in [0.05, 0.1) is 10.7 Å². The SMILES string of the molecule is CCN(CCN(C)C(C)=O)C(=O)c1cn2c(-c3ccc(Cl)cc3Cl)c(CN)c(C)nc2n1. The van der Waals surface area contributed by atoms with E-state index >= 15 is 0 Å². The van der Waals surface area contributed by atoms with E-state index in [2.05, 4.69) is 9.97 Å². The Kier molecular flexibility index (Phi) is 7.38. The summed E-state index contributed by atoms with van der Waals surface area (Å²) >= 11 is 12.6. The Morgan fingerprint density at radius 2 is 1.91 bits per heavy atom. The smallest absolute Gasteiger partial charge is 0.274 e. The van der Waals surface area contributed by atoms with Crippen molar-refractivity contribution in [2.75, 3.05) is 26.7 Å². The van der Waals surface area contributed by atoms with Gasteiger partial charge >= 0.3 is 0 Å². The van der Waals surface area contributed by atoms with Crippen LogP contribution in [0.5, 0.6) is 0 Å². The molecular formula is C22H26Cl2N6O2. The normalized spacial score (nSPS) is 11.1. The summed E-state index contributed by atoms with van der Waals surface area (Å²) in [6.07, 6.45) is 1.65. The number of amides is 2. The molecule has 2 N–H and O–H groups in total. The molecule has 1 aromatic carbocycles. The fourth-order valence-electron chi connectivity index (χ4n) is 3.46. The fourth-order valence-corrected chi connectivity index (χ4v) is 3.96. The Hall–Kier alpha value is -2.68. The number of benzene rings is 1. The van der Waals surface area contributed by atoms with Crippen molar-refractivity contribution in [1.82, 2.24) is 24.2 Å². The first-order chi connectivity index (χ1) is 15.2. The van der Waals surface area contributed by atoms with E-state index in [1.165, 1.54) is 6.92 Å². The lowest BCUT2D eigenvalue weighted by Crippen LogP contribution is -2.38. The lowest BCUT2D eigenvalue weighted by molar-refractivity contribution is -0.127. The number of aryl methyl sites for hydroxylation is 1. The van der Waals surface area contributed by atoms with Gasteiger partial charge in [-0.2, -0.15) is 0 Å². The molecule has 0 unspecified atom stereocenters. The standard InChI is InChI=1S/C22H26Cl2N6O2/c1-5-29(9-8-28(4)14(3)31)21(32)19-12-30-20(16-7-6-15(23)10-18(16)24)17(11-25)13(2)26-22(30)27-19/h6-7,10,12H,5,8-9,11,25H2,1-4H3. The first kappa shape index (κ1) is 24.0. The van der Waals surface area contributed by atoms with Crippen LogP contribution in [0.2, 0.25) is 10.0 Å². The van der Waals surface area contributed by atoms with Crippen molar-refractivity contribution in [3.8, 4) is 11.3 Å². The zero-order valence-electron chi connectivity index (χ0n) is 18.5. The fraction of sp³-hybridized carbons (Fsp3) is 0.364. The van der Waals surface area contributed by atoms with Crippen molar-refractivity contribution in [2.45, 2.75) is 27.3 Å². The molecule has 0 saturated carbocycles. The molecule has 0 spiro atoms. The minimum absolute atomic E-state index is 0.0558. The number of carbonyl (C=O) groups is 2. The summed E-state index contributed by atoms with van der Waals surface area (Å²) in [5.74, 6) is 0.0794. The molecule has 2 aromatic heterocycles. The number of halogens is 2. The maximum atomic E-state index is 13.2. The summed E-state index contributed by atoms with van der Waals surface area (Å²) in [7, 11) is 1.70. The zero-order chi connectivity index (χ0) is 23.6. The largest absolute Gasteiger partial charge is 0.344 e. The molecule has 0 fully saturated rings. The molecule has 0 saturated heterocycles. The first-order valence-corrected chi connectivity index (χ1v) is 11.0. The van der Waals surface area contributed by atoms with Gasteiger partial charge in [-0.3, -0.25) is 14.0 Å². The quantitative estimate of drug-likeness (QED) is 0.563.